The number of halogens is 2. The standard InChI is InChI=1S/C21H26F2N10O8P2S2/c1-26-16(24)12-18(27-2)32(6-30-12)20-10(22)14-8(38-20)3-36-43(35,45)41-15-9(4-37-42(34,44)40-14)39-21(11(15)23)33-7-31-13-17(25)28-5-29-19(13)33/h5-11,14-15,20-21H,1,3-4,24H2,2H3,(H,34,44)(H,35,45)(H2,25,28,29)/b16-12+,27-18+/t8-,9-,10-,11-,14-,15-,20-,21-,42+,43-/m1/s1. The van der Waals surface area contributed by atoms with Gasteiger partial charge in [0, 0.05) is 7.05 Å². The Morgan fingerprint density at radius 2 is 1.64 bits per heavy atom. The first-order valence-corrected chi connectivity index (χ1v) is 18.3. The lowest BCUT2D eigenvalue weighted by Crippen LogP contribution is -2.43. The normalized spacial score (nSPS) is 41.1. The Bertz CT molecular complexity index is 1700. The SMILES string of the molecule is C=N/C(N)=C1/N=CN([C@@H]2O[C@@H]3CO[P@@](=O)(S)O[C@H]4[C@@H](F)[C@H](n5cnc6c(N)ncnc65)O[C@@H]4CO[P@](=O)(S)O[C@H]3[C@H]2F)/C1=N/C. The van der Waals surface area contributed by atoms with Crippen LogP contribution in [0.5, 0.6) is 0 Å². The molecule has 0 amide bonds. The maximum atomic E-state index is 16.0. The molecule has 0 saturated carbocycles. The fourth-order valence-corrected chi connectivity index (χ4v) is 8.10. The molecule has 45 heavy (non-hydrogen) atoms. The molecule has 2 aromatic heterocycles. The van der Waals surface area contributed by atoms with Gasteiger partial charge in [0.15, 0.2) is 47.9 Å². The van der Waals surface area contributed by atoms with Crippen LogP contribution in [0.15, 0.2) is 39.1 Å². The number of imidazole rings is 1. The number of hydrogen-bond donors (Lipinski definition) is 4. The van der Waals surface area contributed by atoms with Crippen molar-refractivity contribution in [3.8, 4) is 0 Å². The zero-order chi connectivity index (χ0) is 32.3. The first-order valence-electron chi connectivity index (χ1n) is 12.9. The van der Waals surface area contributed by atoms with Gasteiger partial charge in [-0.15, -0.1) is 0 Å². The first kappa shape index (κ1) is 32.4. The van der Waals surface area contributed by atoms with E-state index in [4.69, 9.17) is 39.0 Å². The summed E-state index contributed by atoms with van der Waals surface area (Å²) in [7, 11) is 1.41. The highest BCUT2D eigenvalue weighted by Crippen LogP contribution is 2.60. The second-order valence-electron chi connectivity index (χ2n) is 9.86. The first-order chi connectivity index (χ1) is 21.3. The van der Waals surface area contributed by atoms with Crippen molar-refractivity contribution in [2.45, 2.75) is 49.2 Å². The van der Waals surface area contributed by atoms with E-state index in [-0.39, 0.29) is 34.3 Å². The van der Waals surface area contributed by atoms with Crippen LogP contribution >= 0.6 is 38.1 Å². The molecular weight excluding hydrogens is 684 g/mol. The van der Waals surface area contributed by atoms with Crippen molar-refractivity contribution in [1.82, 2.24) is 24.4 Å². The van der Waals surface area contributed by atoms with E-state index in [1.54, 1.807) is 0 Å². The molecule has 18 nitrogen and oxygen atoms in total. The van der Waals surface area contributed by atoms with Crippen molar-refractivity contribution < 1.29 is 45.5 Å². The van der Waals surface area contributed by atoms with Gasteiger partial charge in [0.05, 0.1) is 25.9 Å². The molecule has 4 aliphatic heterocycles. The second kappa shape index (κ2) is 12.3. The zero-order valence-corrected chi connectivity index (χ0v) is 26.6. The molecule has 0 unspecified atom stereocenters. The Morgan fingerprint density at radius 3 is 2.24 bits per heavy atom. The quantitative estimate of drug-likeness (QED) is 0.203. The third-order valence-corrected chi connectivity index (χ3v) is 10.4. The number of thiol groups is 2. The molecule has 0 bridgehead atoms. The van der Waals surface area contributed by atoms with Gasteiger partial charge < -0.3 is 20.9 Å². The fourth-order valence-electron chi connectivity index (χ4n) is 5.13. The van der Waals surface area contributed by atoms with Crippen LogP contribution in [0.3, 0.4) is 0 Å². The van der Waals surface area contributed by atoms with Crippen molar-refractivity contribution in [1.29, 1.82) is 0 Å². The largest absolute Gasteiger partial charge is 0.386 e. The minimum atomic E-state index is -4.40. The number of aromatic nitrogens is 4. The van der Waals surface area contributed by atoms with Crippen LogP contribution in [0.25, 0.3) is 11.2 Å². The van der Waals surface area contributed by atoms with E-state index in [1.165, 1.54) is 29.2 Å². The fraction of sp³-hybridized carbons (Fsp3) is 0.524. The van der Waals surface area contributed by atoms with E-state index in [0.717, 1.165) is 6.33 Å². The molecule has 244 valence electrons. The minimum absolute atomic E-state index is 0.0471. The van der Waals surface area contributed by atoms with Crippen molar-refractivity contribution in [2.24, 2.45) is 20.7 Å². The van der Waals surface area contributed by atoms with E-state index >= 15 is 8.78 Å². The summed E-state index contributed by atoms with van der Waals surface area (Å²) < 4.78 is 93.4. The number of nitrogen functional groups attached to an aromatic ring is 1. The van der Waals surface area contributed by atoms with Gasteiger partial charge in [-0.25, -0.2) is 42.8 Å². The Kier molecular flexibility index (Phi) is 8.83. The maximum absolute atomic E-state index is 16.0. The average Bonchev–Trinajstić information content (AvgIpc) is 3.75. The topological polar surface area (TPSA) is 225 Å². The van der Waals surface area contributed by atoms with E-state index in [9.17, 15) is 9.13 Å². The summed E-state index contributed by atoms with van der Waals surface area (Å²) >= 11 is 7.99. The summed E-state index contributed by atoms with van der Waals surface area (Å²) in [5, 5.41) is 0. The lowest BCUT2D eigenvalue weighted by atomic mass is 10.1. The van der Waals surface area contributed by atoms with Crippen molar-refractivity contribution in [3.05, 3.63) is 24.2 Å². The molecule has 0 radical (unpaired) electrons. The Balaban J connectivity index is 1.26. The van der Waals surface area contributed by atoms with Crippen LogP contribution in [0.1, 0.15) is 6.23 Å². The highest BCUT2D eigenvalue weighted by molar-refractivity contribution is 8.44. The van der Waals surface area contributed by atoms with Crippen LogP contribution in [-0.2, 0) is 36.7 Å². The number of amidine groups is 1. The molecule has 6 heterocycles. The summed E-state index contributed by atoms with van der Waals surface area (Å²) in [5.74, 6) is 0.0635. The van der Waals surface area contributed by atoms with E-state index in [2.05, 4.69) is 61.1 Å². The smallest absolute Gasteiger partial charge is 0.382 e. The highest BCUT2D eigenvalue weighted by Gasteiger charge is 2.55. The van der Waals surface area contributed by atoms with Gasteiger partial charge in [0.25, 0.3) is 0 Å². The molecule has 3 fully saturated rings. The van der Waals surface area contributed by atoms with Gasteiger partial charge in [0.1, 0.15) is 42.0 Å². The van der Waals surface area contributed by atoms with Gasteiger partial charge in [-0.2, -0.15) is 0 Å². The number of ether oxygens (including phenoxy) is 2. The number of aliphatic imine (C=N–C) groups is 3. The summed E-state index contributed by atoms with van der Waals surface area (Å²) in [6, 6.07) is 0. The number of nitrogens with two attached hydrogens (primary N) is 2. The molecule has 24 heteroatoms. The Morgan fingerprint density at radius 1 is 1.04 bits per heavy atom. The van der Waals surface area contributed by atoms with Crippen molar-refractivity contribution in [3.63, 3.8) is 0 Å². The number of alkyl halides is 2. The predicted octanol–water partition coefficient (Wildman–Crippen LogP) is 1.80. The molecule has 0 aromatic carbocycles. The third-order valence-electron chi connectivity index (χ3n) is 7.18. The molecule has 0 aliphatic carbocycles. The van der Waals surface area contributed by atoms with Crippen LogP contribution in [-0.4, -0.2) is 107 Å². The van der Waals surface area contributed by atoms with Crippen molar-refractivity contribution >= 4 is 74.0 Å². The van der Waals surface area contributed by atoms with E-state index in [1.807, 2.05) is 0 Å². The minimum Gasteiger partial charge on any atom is -0.382 e. The van der Waals surface area contributed by atoms with Crippen molar-refractivity contribution in [2.75, 3.05) is 26.0 Å². The van der Waals surface area contributed by atoms with Gasteiger partial charge in [-0.3, -0.25) is 32.6 Å². The maximum Gasteiger partial charge on any atom is 0.386 e. The Hall–Kier alpha value is -2.52. The van der Waals surface area contributed by atoms with Gasteiger partial charge in [-0.1, -0.05) is 24.5 Å². The van der Waals surface area contributed by atoms with Crippen LogP contribution in [0.4, 0.5) is 14.6 Å². The van der Waals surface area contributed by atoms with Crippen LogP contribution in [0.2, 0.25) is 0 Å². The molecule has 2 aromatic rings. The van der Waals surface area contributed by atoms with Crippen LogP contribution in [0, 0.1) is 0 Å². The number of hydrogen-bond acceptors (Lipinski definition) is 16. The molecule has 6 rings (SSSR count). The molecule has 4 N–H and O–H groups in total. The van der Waals surface area contributed by atoms with Crippen LogP contribution < -0.4 is 11.5 Å². The number of rotatable bonds is 3. The third kappa shape index (κ3) is 6.04. The predicted molar refractivity (Wildman–Crippen MR) is 161 cm³/mol. The van der Waals surface area contributed by atoms with Gasteiger partial charge >= 0.3 is 13.6 Å². The zero-order valence-electron chi connectivity index (χ0n) is 23.0. The Labute approximate surface area is 263 Å². The monoisotopic (exact) mass is 710 g/mol. The molecule has 0 spiro atoms. The molecular formula is C21H26F2N10O8P2S2. The molecule has 4 aliphatic rings. The average molecular weight is 711 g/mol. The second-order valence-corrected chi connectivity index (χ2v) is 15.6. The number of anilines is 1. The summed E-state index contributed by atoms with van der Waals surface area (Å²) in [6.45, 7) is -6.79. The number of nitrogens with zero attached hydrogens (tertiary/aromatic N) is 8. The lowest BCUT2D eigenvalue weighted by Gasteiger charge is -2.28. The number of fused-ring (bicyclic) bond motifs is 3. The summed E-state index contributed by atoms with van der Waals surface area (Å²) in [6.07, 6.45) is -9.44. The molecule has 10 atom stereocenters. The summed E-state index contributed by atoms with van der Waals surface area (Å²) in [5.41, 5.74) is 12.1. The lowest BCUT2D eigenvalue weighted by molar-refractivity contribution is -0.0543. The summed E-state index contributed by atoms with van der Waals surface area (Å²) in [4.78, 5) is 25.0. The van der Waals surface area contributed by atoms with Gasteiger partial charge in [-0.05, 0) is 6.72 Å². The van der Waals surface area contributed by atoms with E-state index in [0.29, 0.717) is 0 Å². The van der Waals surface area contributed by atoms with E-state index < -0.39 is 76.0 Å². The van der Waals surface area contributed by atoms with Gasteiger partial charge in [0.2, 0.25) is 0 Å². The molecule has 3 saturated heterocycles. The highest BCUT2D eigenvalue weighted by atomic mass is 32.7.